The van der Waals surface area contributed by atoms with Gasteiger partial charge in [0.05, 0.1) is 23.3 Å². The van der Waals surface area contributed by atoms with Gasteiger partial charge < -0.3 is 10.1 Å². The van der Waals surface area contributed by atoms with Gasteiger partial charge in [-0.15, -0.1) is 0 Å². The molecule has 2 fully saturated rings. The van der Waals surface area contributed by atoms with Crippen LogP contribution < -0.4 is 5.32 Å². The Hall–Kier alpha value is -1.19. The van der Waals surface area contributed by atoms with Crippen molar-refractivity contribution >= 4 is 11.6 Å². The van der Waals surface area contributed by atoms with Gasteiger partial charge in [-0.05, 0) is 17.7 Å². The van der Waals surface area contributed by atoms with Gasteiger partial charge in [-0.25, -0.2) is 4.39 Å². The monoisotopic (exact) mass is 295 g/mol. The molecule has 0 saturated carbocycles. The van der Waals surface area contributed by atoms with Crippen molar-refractivity contribution in [1.29, 1.82) is 5.26 Å². The van der Waals surface area contributed by atoms with Crippen molar-refractivity contribution in [2.75, 3.05) is 32.8 Å². The molecule has 4 nitrogen and oxygen atoms in total. The normalized spacial score (nSPS) is 26.9. The van der Waals surface area contributed by atoms with Crippen LogP contribution in [0.4, 0.5) is 4.39 Å². The van der Waals surface area contributed by atoms with Gasteiger partial charge in [0.1, 0.15) is 6.07 Å². The molecule has 2 heterocycles. The van der Waals surface area contributed by atoms with Crippen molar-refractivity contribution in [3.05, 3.63) is 34.1 Å². The highest BCUT2D eigenvalue weighted by Gasteiger charge is 2.31. The lowest BCUT2D eigenvalue weighted by atomic mass is 10.0. The zero-order valence-corrected chi connectivity index (χ0v) is 11.7. The number of hydrogen-bond acceptors (Lipinski definition) is 4. The summed E-state index contributed by atoms with van der Waals surface area (Å²) in [6.45, 7) is 4.26. The van der Waals surface area contributed by atoms with Crippen molar-refractivity contribution in [3.8, 4) is 6.07 Å². The summed E-state index contributed by atoms with van der Waals surface area (Å²) in [4.78, 5) is 2.37. The van der Waals surface area contributed by atoms with Gasteiger partial charge in [-0.2, -0.15) is 5.26 Å². The molecule has 106 valence electrons. The van der Waals surface area contributed by atoms with Crippen molar-refractivity contribution < 1.29 is 9.13 Å². The molecule has 0 amide bonds. The van der Waals surface area contributed by atoms with Crippen molar-refractivity contribution in [1.82, 2.24) is 10.2 Å². The molecule has 1 N–H and O–H groups in total. The first-order valence-electron chi connectivity index (χ1n) is 6.64. The minimum Gasteiger partial charge on any atom is -0.371 e. The average Bonchev–Trinajstić information content (AvgIpc) is 2.49. The van der Waals surface area contributed by atoms with Crippen LogP contribution in [0.1, 0.15) is 17.2 Å². The second-order valence-corrected chi connectivity index (χ2v) is 5.56. The number of hydrogen-bond donors (Lipinski definition) is 1. The first-order valence-corrected chi connectivity index (χ1v) is 7.02. The van der Waals surface area contributed by atoms with Crippen LogP contribution in [0.5, 0.6) is 0 Å². The van der Waals surface area contributed by atoms with Gasteiger partial charge in [0.15, 0.2) is 5.82 Å². The lowest BCUT2D eigenvalue weighted by Gasteiger charge is -2.42. The maximum Gasteiger partial charge on any atom is 0.159 e. The zero-order chi connectivity index (χ0) is 14.1. The van der Waals surface area contributed by atoms with Crippen LogP contribution in [0.3, 0.4) is 0 Å². The summed E-state index contributed by atoms with van der Waals surface area (Å²) < 4.78 is 19.5. The fraction of sp³-hybridized carbons (Fsp3) is 0.500. The van der Waals surface area contributed by atoms with E-state index < -0.39 is 5.82 Å². The minimum absolute atomic E-state index is 0.0231. The molecular weight excluding hydrogens is 281 g/mol. The molecule has 2 atom stereocenters. The number of nitriles is 1. The number of benzene rings is 1. The molecule has 2 saturated heterocycles. The number of fused-ring (bicyclic) bond motifs is 1. The van der Waals surface area contributed by atoms with Crippen molar-refractivity contribution in [2.45, 2.75) is 12.1 Å². The number of morpholine rings is 1. The molecule has 20 heavy (non-hydrogen) atoms. The molecule has 1 aromatic rings. The molecule has 3 rings (SSSR count). The quantitative estimate of drug-likeness (QED) is 0.857. The molecule has 0 aliphatic carbocycles. The summed E-state index contributed by atoms with van der Waals surface area (Å²) >= 11 is 5.85. The highest BCUT2D eigenvalue weighted by Crippen LogP contribution is 2.30. The van der Waals surface area contributed by atoms with Crippen LogP contribution in [0.25, 0.3) is 0 Å². The van der Waals surface area contributed by atoms with E-state index in [0.29, 0.717) is 12.6 Å². The predicted octanol–water partition coefficient (Wildman–Crippen LogP) is 1.70. The SMILES string of the molecule is N#Cc1cc([C@@H]2CN3CCNC[C@H]3CO2)cc(Cl)c1F. The predicted molar refractivity (Wildman–Crippen MR) is 73.0 cm³/mol. The van der Waals surface area contributed by atoms with Gasteiger partial charge in [-0.1, -0.05) is 11.6 Å². The smallest absolute Gasteiger partial charge is 0.159 e. The van der Waals surface area contributed by atoms with Crippen molar-refractivity contribution in [3.63, 3.8) is 0 Å². The number of nitrogens with one attached hydrogen (secondary N) is 1. The summed E-state index contributed by atoms with van der Waals surface area (Å²) in [7, 11) is 0. The third-order valence-electron chi connectivity index (χ3n) is 3.91. The Bertz CT molecular complexity index is 560. The van der Waals surface area contributed by atoms with E-state index in [4.69, 9.17) is 21.6 Å². The summed E-state index contributed by atoms with van der Waals surface area (Å²) in [5.41, 5.74) is 0.739. The first kappa shape index (κ1) is 13.8. The van der Waals surface area contributed by atoms with E-state index in [9.17, 15) is 4.39 Å². The highest BCUT2D eigenvalue weighted by atomic mass is 35.5. The topological polar surface area (TPSA) is 48.3 Å². The molecule has 0 bridgehead atoms. The fourth-order valence-electron chi connectivity index (χ4n) is 2.78. The largest absolute Gasteiger partial charge is 0.371 e. The van der Waals surface area contributed by atoms with E-state index in [-0.39, 0.29) is 16.7 Å². The van der Waals surface area contributed by atoms with E-state index in [1.165, 1.54) is 6.07 Å². The molecule has 0 aromatic heterocycles. The van der Waals surface area contributed by atoms with Gasteiger partial charge in [0.2, 0.25) is 0 Å². The number of piperazine rings is 1. The molecule has 0 spiro atoms. The van der Waals surface area contributed by atoms with E-state index >= 15 is 0 Å². The Kier molecular flexibility index (Phi) is 3.90. The van der Waals surface area contributed by atoms with Crippen molar-refractivity contribution in [2.24, 2.45) is 0 Å². The lowest BCUT2D eigenvalue weighted by molar-refractivity contribution is -0.0717. The standard InChI is InChI=1S/C14H15ClFN3O/c15-12-4-9(3-10(5-17)14(12)16)13-7-19-2-1-18-6-11(19)8-20-13/h3-4,11,13,18H,1-2,6-8H2/t11-,13-/m0/s1. The number of nitrogens with zero attached hydrogens (tertiary/aromatic N) is 2. The van der Waals surface area contributed by atoms with E-state index in [1.54, 1.807) is 6.07 Å². The number of ether oxygens (including phenoxy) is 1. The fourth-order valence-corrected chi connectivity index (χ4v) is 3.01. The van der Waals surface area contributed by atoms with Crippen LogP contribution in [0.15, 0.2) is 12.1 Å². The Morgan fingerprint density at radius 1 is 1.50 bits per heavy atom. The molecule has 0 radical (unpaired) electrons. The van der Waals surface area contributed by atoms with Crippen LogP contribution in [0.2, 0.25) is 5.02 Å². The second kappa shape index (κ2) is 5.66. The van der Waals surface area contributed by atoms with Crippen LogP contribution in [0, 0.1) is 17.1 Å². The summed E-state index contributed by atoms with van der Waals surface area (Å²) in [6, 6.07) is 5.32. The molecule has 0 unspecified atom stereocenters. The van der Waals surface area contributed by atoms with Gasteiger partial charge in [0.25, 0.3) is 0 Å². The van der Waals surface area contributed by atoms with E-state index in [1.807, 2.05) is 6.07 Å². The summed E-state index contributed by atoms with van der Waals surface area (Å²) in [5, 5.41) is 12.3. The second-order valence-electron chi connectivity index (χ2n) is 5.15. The summed E-state index contributed by atoms with van der Waals surface area (Å²) in [6.07, 6.45) is -0.158. The summed E-state index contributed by atoms with van der Waals surface area (Å²) in [5.74, 6) is -0.659. The van der Waals surface area contributed by atoms with Gasteiger partial charge >= 0.3 is 0 Å². The number of halogens is 2. The van der Waals surface area contributed by atoms with Crippen LogP contribution in [-0.2, 0) is 4.74 Å². The third-order valence-corrected chi connectivity index (χ3v) is 4.18. The van der Waals surface area contributed by atoms with Crippen LogP contribution >= 0.6 is 11.6 Å². The molecule has 6 heteroatoms. The third kappa shape index (κ3) is 2.52. The highest BCUT2D eigenvalue weighted by molar-refractivity contribution is 6.30. The Morgan fingerprint density at radius 3 is 3.15 bits per heavy atom. The molecular formula is C14H15ClFN3O. The van der Waals surface area contributed by atoms with Gasteiger partial charge in [-0.3, -0.25) is 4.90 Å². The van der Waals surface area contributed by atoms with Crippen LogP contribution in [-0.4, -0.2) is 43.7 Å². The molecule has 2 aliphatic heterocycles. The number of rotatable bonds is 1. The molecule has 1 aromatic carbocycles. The first-order chi connectivity index (χ1) is 9.69. The molecule has 2 aliphatic rings. The maximum absolute atomic E-state index is 13.6. The maximum atomic E-state index is 13.6. The Labute approximate surface area is 122 Å². The van der Waals surface area contributed by atoms with Gasteiger partial charge in [0, 0.05) is 32.2 Å². The zero-order valence-electron chi connectivity index (χ0n) is 10.9. The average molecular weight is 296 g/mol. The van der Waals surface area contributed by atoms with E-state index in [0.717, 1.165) is 31.7 Å². The minimum atomic E-state index is -0.659. The Balaban J connectivity index is 1.83. The lowest BCUT2D eigenvalue weighted by Crippen LogP contribution is -2.57. The van der Waals surface area contributed by atoms with E-state index in [2.05, 4.69) is 10.2 Å². The Morgan fingerprint density at radius 2 is 2.35 bits per heavy atom.